The highest BCUT2D eigenvalue weighted by Gasteiger charge is 2.29. The Labute approximate surface area is 144 Å². The molecule has 23 heavy (non-hydrogen) atoms. The van der Waals surface area contributed by atoms with E-state index in [9.17, 15) is 4.79 Å². The van der Waals surface area contributed by atoms with Gasteiger partial charge in [0.15, 0.2) is 0 Å². The molecule has 0 amide bonds. The average molecular weight is 351 g/mol. The van der Waals surface area contributed by atoms with Crippen molar-refractivity contribution in [3.8, 4) is 0 Å². The zero-order valence-corrected chi connectivity index (χ0v) is 14.7. The molecule has 3 rings (SSSR count). The van der Waals surface area contributed by atoms with Crippen LogP contribution in [0.2, 0.25) is 0 Å². The molecule has 2 aromatic rings. The predicted octanol–water partition coefficient (Wildman–Crippen LogP) is 3.95. The molecule has 1 aliphatic carbocycles. The molecule has 0 aliphatic heterocycles. The predicted molar refractivity (Wildman–Crippen MR) is 92.8 cm³/mol. The number of carbonyl (C=O) groups excluding carboxylic acids is 1. The first-order valence-electron chi connectivity index (χ1n) is 7.89. The minimum absolute atomic E-state index is 0.0101. The van der Waals surface area contributed by atoms with Crippen molar-refractivity contribution in [2.24, 2.45) is 0 Å². The number of hydrogen-bond acceptors (Lipinski definition) is 6. The van der Waals surface area contributed by atoms with E-state index in [-0.39, 0.29) is 18.0 Å². The summed E-state index contributed by atoms with van der Waals surface area (Å²) >= 11 is 3.13. The Kier molecular flexibility index (Phi) is 5.83. The van der Waals surface area contributed by atoms with E-state index >= 15 is 0 Å². The van der Waals surface area contributed by atoms with Crippen molar-refractivity contribution in [1.29, 1.82) is 0 Å². The fourth-order valence-electron chi connectivity index (χ4n) is 2.89. The molecule has 1 aliphatic rings. The van der Waals surface area contributed by atoms with Crippen LogP contribution < -0.4 is 5.32 Å². The van der Waals surface area contributed by atoms with Gasteiger partial charge in [-0.3, -0.25) is 4.89 Å². The maximum absolute atomic E-state index is 12.6. The van der Waals surface area contributed by atoms with Crippen molar-refractivity contribution in [3.05, 3.63) is 44.8 Å². The van der Waals surface area contributed by atoms with Crippen molar-refractivity contribution in [1.82, 2.24) is 5.32 Å². The highest BCUT2D eigenvalue weighted by atomic mass is 32.1. The van der Waals surface area contributed by atoms with E-state index in [1.807, 2.05) is 42.1 Å². The molecule has 0 bridgehead atoms. The second-order valence-corrected chi connectivity index (χ2v) is 7.68. The van der Waals surface area contributed by atoms with Crippen molar-refractivity contribution in [2.75, 3.05) is 7.05 Å². The van der Waals surface area contributed by atoms with Gasteiger partial charge in [0, 0.05) is 15.8 Å². The van der Waals surface area contributed by atoms with Crippen LogP contribution in [0.1, 0.15) is 41.4 Å². The van der Waals surface area contributed by atoms with Gasteiger partial charge >= 0.3 is 5.97 Å². The second-order valence-electron chi connectivity index (χ2n) is 5.72. The fourth-order valence-corrected chi connectivity index (χ4v) is 4.63. The molecular weight excluding hydrogens is 330 g/mol. The molecular formula is C17H21NO3S2. The van der Waals surface area contributed by atoms with Gasteiger partial charge in [0.25, 0.3) is 0 Å². The zero-order valence-electron chi connectivity index (χ0n) is 13.1. The highest BCUT2D eigenvalue weighted by molar-refractivity contribution is 7.11. The van der Waals surface area contributed by atoms with Crippen LogP contribution in [-0.4, -0.2) is 25.2 Å². The molecule has 2 heterocycles. The average Bonchev–Trinajstić information content (AvgIpc) is 3.28. The lowest BCUT2D eigenvalue weighted by Crippen LogP contribution is -2.33. The van der Waals surface area contributed by atoms with Crippen LogP contribution in [-0.2, 0) is 14.6 Å². The van der Waals surface area contributed by atoms with Crippen LogP contribution in [0.5, 0.6) is 0 Å². The Morgan fingerprint density at radius 2 is 1.74 bits per heavy atom. The summed E-state index contributed by atoms with van der Waals surface area (Å²) in [6, 6.07) is 8.39. The normalized spacial score (nSPS) is 21.5. The summed E-state index contributed by atoms with van der Waals surface area (Å²) in [7, 11) is 1.98. The molecule has 1 N–H and O–H groups in total. The molecule has 6 heteroatoms. The number of hydrogen-bond donors (Lipinski definition) is 1. The van der Waals surface area contributed by atoms with Crippen molar-refractivity contribution in [2.45, 2.75) is 43.7 Å². The van der Waals surface area contributed by atoms with Gasteiger partial charge < -0.3 is 5.32 Å². The van der Waals surface area contributed by atoms with Gasteiger partial charge in [-0.25, -0.2) is 4.79 Å². The third-order valence-corrected chi connectivity index (χ3v) is 6.11. The van der Waals surface area contributed by atoms with Gasteiger partial charge in [-0.2, -0.15) is 4.89 Å². The molecule has 1 saturated carbocycles. The molecule has 1 fully saturated rings. The maximum atomic E-state index is 12.6. The van der Waals surface area contributed by atoms with E-state index in [0.717, 1.165) is 35.4 Å². The Morgan fingerprint density at radius 3 is 2.22 bits per heavy atom. The summed E-state index contributed by atoms with van der Waals surface area (Å²) in [6.07, 6.45) is 3.95. The third-order valence-electron chi connectivity index (χ3n) is 4.24. The number of thiophene rings is 2. The Bertz CT molecular complexity index is 555. The summed E-state index contributed by atoms with van der Waals surface area (Å²) in [6.45, 7) is 0. The maximum Gasteiger partial charge on any atom is 0.355 e. The Morgan fingerprint density at radius 1 is 1.13 bits per heavy atom. The SMILES string of the molecule is CNC1CCC(OOC(=O)C(c2cccs2)c2cccs2)CC1. The first-order chi connectivity index (χ1) is 11.3. The van der Waals surface area contributed by atoms with Gasteiger partial charge in [0.1, 0.15) is 12.0 Å². The van der Waals surface area contributed by atoms with E-state index in [1.54, 1.807) is 22.7 Å². The van der Waals surface area contributed by atoms with E-state index in [4.69, 9.17) is 9.78 Å². The molecule has 0 atom stereocenters. The van der Waals surface area contributed by atoms with Crippen LogP contribution in [0.25, 0.3) is 0 Å². The first kappa shape index (κ1) is 16.6. The third kappa shape index (κ3) is 4.20. The summed E-state index contributed by atoms with van der Waals surface area (Å²) in [5.41, 5.74) is 0. The van der Waals surface area contributed by atoms with E-state index in [1.165, 1.54) is 0 Å². The van der Waals surface area contributed by atoms with E-state index in [2.05, 4.69) is 5.32 Å². The summed E-state index contributed by atoms with van der Waals surface area (Å²) in [5.74, 6) is -0.714. The van der Waals surface area contributed by atoms with Crippen LogP contribution in [0, 0.1) is 0 Å². The van der Waals surface area contributed by atoms with Gasteiger partial charge in [0.05, 0.1) is 0 Å². The number of carbonyl (C=O) groups is 1. The number of rotatable bonds is 6. The summed E-state index contributed by atoms with van der Waals surface area (Å²) in [4.78, 5) is 25.2. The topological polar surface area (TPSA) is 47.6 Å². The molecule has 0 radical (unpaired) electrons. The van der Waals surface area contributed by atoms with Crippen molar-refractivity contribution in [3.63, 3.8) is 0 Å². The minimum atomic E-state index is -0.386. The lowest BCUT2D eigenvalue weighted by atomic mass is 9.93. The van der Waals surface area contributed by atoms with Gasteiger partial charge in [-0.1, -0.05) is 12.1 Å². The molecule has 0 aromatic carbocycles. The van der Waals surface area contributed by atoms with Crippen LogP contribution >= 0.6 is 22.7 Å². The first-order valence-corrected chi connectivity index (χ1v) is 9.65. The van der Waals surface area contributed by atoms with E-state index < -0.39 is 0 Å². The minimum Gasteiger partial charge on any atom is -0.317 e. The molecule has 0 unspecified atom stereocenters. The van der Waals surface area contributed by atoms with Gasteiger partial charge in [-0.15, -0.1) is 22.7 Å². The fraction of sp³-hybridized carbons (Fsp3) is 0.471. The van der Waals surface area contributed by atoms with Gasteiger partial charge in [-0.05, 0) is 55.6 Å². The quantitative estimate of drug-likeness (QED) is 0.632. The largest absolute Gasteiger partial charge is 0.355 e. The van der Waals surface area contributed by atoms with Crippen LogP contribution in [0.15, 0.2) is 35.0 Å². The number of nitrogens with one attached hydrogen (secondary N) is 1. The lowest BCUT2D eigenvalue weighted by Gasteiger charge is -2.27. The Balaban J connectivity index is 1.59. The smallest absolute Gasteiger partial charge is 0.317 e. The lowest BCUT2D eigenvalue weighted by molar-refractivity contribution is -0.302. The standard InChI is InChI=1S/C17H21NO3S2/c1-18-12-6-8-13(9-7-12)20-21-17(19)16(14-4-2-10-22-14)15-5-3-11-23-15/h2-5,10-13,16,18H,6-9H2,1H3. The van der Waals surface area contributed by atoms with Gasteiger partial charge in [0.2, 0.25) is 0 Å². The molecule has 124 valence electrons. The molecule has 4 nitrogen and oxygen atoms in total. The van der Waals surface area contributed by atoms with E-state index in [0.29, 0.717) is 6.04 Å². The Hall–Kier alpha value is -1.21. The summed E-state index contributed by atoms with van der Waals surface area (Å²) < 4.78 is 0. The second kappa shape index (κ2) is 8.06. The van der Waals surface area contributed by atoms with Crippen molar-refractivity contribution >= 4 is 28.6 Å². The zero-order chi connectivity index (χ0) is 16.1. The van der Waals surface area contributed by atoms with Crippen molar-refractivity contribution < 1.29 is 14.6 Å². The monoisotopic (exact) mass is 351 g/mol. The molecule has 0 spiro atoms. The van der Waals surface area contributed by atoms with Crippen LogP contribution in [0.4, 0.5) is 0 Å². The summed E-state index contributed by atoms with van der Waals surface area (Å²) in [5, 5.41) is 7.23. The van der Waals surface area contributed by atoms with Crippen LogP contribution in [0.3, 0.4) is 0 Å². The molecule has 0 saturated heterocycles. The highest BCUT2D eigenvalue weighted by Crippen LogP contribution is 2.33. The molecule has 2 aromatic heterocycles.